The van der Waals surface area contributed by atoms with Crippen molar-refractivity contribution >= 4 is 21.6 Å². The lowest BCUT2D eigenvalue weighted by Crippen LogP contribution is -2.00. The molecule has 4 nitrogen and oxygen atoms in total. The predicted octanol–water partition coefficient (Wildman–Crippen LogP) is 0.993. The molecule has 1 aromatic rings. The SMILES string of the molecule is COc1ncc(CCS(=O)(=O)F)s1. The first-order valence-electron chi connectivity index (χ1n) is 3.42. The van der Waals surface area contributed by atoms with E-state index in [4.69, 9.17) is 4.74 Å². The molecule has 0 aliphatic carbocycles. The van der Waals surface area contributed by atoms with Gasteiger partial charge in [0.05, 0.1) is 12.9 Å². The van der Waals surface area contributed by atoms with E-state index >= 15 is 0 Å². The first-order valence-corrected chi connectivity index (χ1v) is 5.79. The van der Waals surface area contributed by atoms with E-state index in [1.807, 2.05) is 0 Å². The number of nitrogens with zero attached hydrogens (tertiary/aromatic N) is 1. The zero-order valence-electron chi connectivity index (χ0n) is 6.86. The molecule has 0 N–H and O–H groups in total. The first kappa shape index (κ1) is 10.4. The maximum Gasteiger partial charge on any atom is 0.302 e. The maximum absolute atomic E-state index is 12.1. The van der Waals surface area contributed by atoms with Crippen LogP contribution in [0, 0.1) is 0 Å². The number of methoxy groups -OCH3 is 1. The molecule has 0 amide bonds. The zero-order valence-corrected chi connectivity index (χ0v) is 8.49. The summed E-state index contributed by atoms with van der Waals surface area (Å²) < 4.78 is 37.2. The van der Waals surface area contributed by atoms with Crippen LogP contribution in [0.15, 0.2) is 6.20 Å². The maximum atomic E-state index is 12.1. The third kappa shape index (κ3) is 3.69. The summed E-state index contributed by atoms with van der Waals surface area (Å²) in [6.07, 6.45) is 1.62. The van der Waals surface area contributed by atoms with Gasteiger partial charge in [-0.25, -0.2) is 4.98 Å². The molecule has 0 radical (unpaired) electrons. The monoisotopic (exact) mass is 225 g/mol. The van der Waals surface area contributed by atoms with Crippen LogP contribution in [0.3, 0.4) is 0 Å². The van der Waals surface area contributed by atoms with Gasteiger partial charge in [0.25, 0.3) is 5.19 Å². The number of aryl methyl sites for hydroxylation is 1. The standard InChI is InChI=1S/C6H8FNO3S2/c1-11-6-8-4-5(12-6)2-3-13(7,9)10/h4H,2-3H2,1H3. The fourth-order valence-corrected chi connectivity index (χ4v) is 2.04. The van der Waals surface area contributed by atoms with Gasteiger partial charge in [-0.15, -0.1) is 3.89 Å². The van der Waals surface area contributed by atoms with E-state index in [2.05, 4.69) is 4.98 Å². The Hall–Kier alpha value is -0.690. The molecular weight excluding hydrogens is 217 g/mol. The van der Waals surface area contributed by atoms with Gasteiger partial charge in [0.1, 0.15) is 0 Å². The van der Waals surface area contributed by atoms with Crippen LogP contribution < -0.4 is 4.74 Å². The third-order valence-electron chi connectivity index (χ3n) is 1.30. The Labute approximate surface area is 79.6 Å². The second-order valence-electron chi connectivity index (χ2n) is 2.29. The number of hydrogen-bond donors (Lipinski definition) is 0. The highest BCUT2D eigenvalue weighted by molar-refractivity contribution is 7.86. The fourth-order valence-electron chi connectivity index (χ4n) is 0.722. The van der Waals surface area contributed by atoms with E-state index in [1.54, 1.807) is 0 Å². The van der Waals surface area contributed by atoms with Crippen LogP contribution in [0.1, 0.15) is 4.88 Å². The van der Waals surface area contributed by atoms with Crippen LogP contribution in [-0.4, -0.2) is 26.3 Å². The summed E-state index contributed by atoms with van der Waals surface area (Å²) in [5, 5.41) is 0.450. The molecule has 0 bridgehead atoms. The Morgan fingerprint density at radius 1 is 1.69 bits per heavy atom. The highest BCUT2D eigenvalue weighted by atomic mass is 32.3. The second-order valence-corrected chi connectivity index (χ2v) is 4.85. The smallest absolute Gasteiger partial charge is 0.302 e. The van der Waals surface area contributed by atoms with Crippen molar-refractivity contribution in [3.05, 3.63) is 11.1 Å². The van der Waals surface area contributed by atoms with E-state index in [0.29, 0.717) is 10.1 Å². The Bertz CT molecular complexity index is 373. The minimum absolute atomic E-state index is 0.139. The lowest BCUT2D eigenvalue weighted by atomic mass is 10.4. The van der Waals surface area contributed by atoms with Crippen molar-refractivity contribution in [2.24, 2.45) is 0 Å². The molecule has 74 valence electrons. The van der Waals surface area contributed by atoms with Gasteiger partial charge < -0.3 is 4.74 Å². The Morgan fingerprint density at radius 3 is 2.85 bits per heavy atom. The molecule has 1 heterocycles. The Kier molecular flexibility index (Phi) is 3.21. The summed E-state index contributed by atoms with van der Waals surface area (Å²) >= 11 is 1.21. The van der Waals surface area contributed by atoms with Crippen LogP contribution in [-0.2, 0) is 16.6 Å². The van der Waals surface area contributed by atoms with Gasteiger partial charge in [-0.3, -0.25) is 0 Å². The van der Waals surface area contributed by atoms with E-state index < -0.39 is 16.0 Å². The van der Waals surface area contributed by atoms with Crippen LogP contribution in [0.5, 0.6) is 5.19 Å². The largest absolute Gasteiger partial charge is 0.473 e. The Morgan fingerprint density at radius 2 is 2.38 bits per heavy atom. The summed E-state index contributed by atoms with van der Waals surface area (Å²) in [5.41, 5.74) is 0. The summed E-state index contributed by atoms with van der Waals surface area (Å²) in [6.45, 7) is 0. The lowest BCUT2D eigenvalue weighted by Gasteiger charge is -1.91. The van der Waals surface area contributed by atoms with Crippen molar-refractivity contribution in [2.45, 2.75) is 6.42 Å². The normalized spacial score (nSPS) is 11.5. The molecule has 0 atom stereocenters. The van der Waals surface area contributed by atoms with Crippen molar-refractivity contribution in [2.75, 3.05) is 12.9 Å². The summed E-state index contributed by atoms with van der Waals surface area (Å²) in [5.74, 6) is -0.502. The molecule has 0 aromatic carbocycles. The molecule has 1 aromatic heterocycles. The topological polar surface area (TPSA) is 56.3 Å². The Balaban J connectivity index is 2.55. The van der Waals surface area contributed by atoms with Crippen molar-refractivity contribution in [3.63, 3.8) is 0 Å². The lowest BCUT2D eigenvalue weighted by molar-refractivity contribution is 0.412. The van der Waals surface area contributed by atoms with Gasteiger partial charge in [0.2, 0.25) is 0 Å². The quantitative estimate of drug-likeness (QED) is 0.717. The molecule has 1 rings (SSSR count). The van der Waals surface area contributed by atoms with Crippen LogP contribution in [0.4, 0.5) is 3.89 Å². The third-order valence-corrected chi connectivity index (χ3v) is 3.01. The van der Waals surface area contributed by atoms with Crippen molar-refractivity contribution in [1.82, 2.24) is 4.98 Å². The minimum Gasteiger partial charge on any atom is -0.473 e. The van der Waals surface area contributed by atoms with E-state index in [1.165, 1.54) is 24.6 Å². The molecular formula is C6H8FNO3S2. The summed E-state index contributed by atoms with van der Waals surface area (Å²) in [4.78, 5) is 4.51. The first-order chi connectivity index (χ1) is 6.01. The van der Waals surface area contributed by atoms with Gasteiger partial charge in [-0.1, -0.05) is 11.3 Å². The number of hydrogen-bond acceptors (Lipinski definition) is 5. The van der Waals surface area contributed by atoms with Crippen molar-refractivity contribution in [3.8, 4) is 5.19 Å². The van der Waals surface area contributed by atoms with Crippen LogP contribution in [0.2, 0.25) is 0 Å². The summed E-state index contributed by atoms with van der Waals surface area (Å²) in [7, 11) is -2.91. The van der Waals surface area contributed by atoms with E-state index in [0.717, 1.165) is 0 Å². The number of rotatable bonds is 4. The second kappa shape index (κ2) is 4.01. The fraction of sp³-hybridized carbons (Fsp3) is 0.500. The van der Waals surface area contributed by atoms with Crippen molar-refractivity contribution < 1.29 is 17.0 Å². The molecule has 0 saturated carbocycles. The van der Waals surface area contributed by atoms with Gasteiger partial charge in [0, 0.05) is 17.5 Å². The molecule has 0 aliphatic rings. The molecule has 0 saturated heterocycles. The average Bonchev–Trinajstić information content (AvgIpc) is 2.47. The van der Waals surface area contributed by atoms with Gasteiger partial charge in [-0.2, -0.15) is 8.42 Å². The van der Waals surface area contributed by atoms with E-state index in [-0.39, 0.29) is 6.42 Å². The molecule has 7 heteroatoms. The van der Waals surface area contributed by atoms with Crippen LogP contribution >= 0.6 is 11.3 Å². The number of ether oxygens (including phenoxy) is 1. The molecule has 0 fully saturated rings. The molecule has 13 heavy (non-hydrogen) atoms. The zero-order chi connectivity index (χ0) is 9.90. The van der Waals surface area contributed by atoms with Gasteiger partial charge >= 0.3 is 10.2 Å². The minimum atomic E-state index is -4.38. The average molecular weight is 225 g/mol. The highest BCUT2D eigenvalue weighted by Gasteiger charge is 2.09. The number of halogens is 1. The number of aromatic nitrogens is 1. The summed E-state index contributed by atoms with van der Waals surface area (Å²) in [6, 6.07) is 0. The van der Waals surface area contributed by atoms with Gasteiger partial charge in [0.15, 0.2) is 0 Å². The van der Waals surface area contributed by atoms with Crippen molar-refractivity contribution in [1.29, 1.82) is 0 Å². The van der Waals surface area contributed by atoms with E-state index in [9.17, 15) is 12.3 Å². The molecule has 0 aliphatic heterocycles. The highest BCUT2D eigenvalue weighted by Crippen LogP contribution is 2.20. The van der Waals surface area contributed by atoms with Gasteiger partial charge in [-0.05, 0) is 0 Å². The molecule has 0 spiro atoms. The predicted molar refractivity (Wildman–Crippen MR) is 47.3 cm³/mol. The number of thiazole rings is 1. The van der Waals surface area contributed by atoms with Crippen LogP contribution in [0.25, 0.3) is 0 Å². The molecule has 0 unspecified atom stereocenters.